The van der Waals surface area contributed by atoms with E-state index in [0.717, 1.165) is 17.4 Å². The van der Waals surface area contributed by atoms with Crippen molar-refractivity contribution in [3.05, 3.63) is 70.7 Å². The first-order valence-corrected chi connectivity index (χ1v) is 5.92. The van der Waals surface area contributed by atoms with Crippen molar-refractivity contribution in [3.63, 3.8) is 0 Å². The average Bonchev–Trinajstić information content (AvgIpc) is 2.37. The molecule has 0 aliphatic rings. The molecule has 2 heteroatoms. The molecule has 2 aromatic carbocycles. The molecule has 0 fully saturated rings. The van der Waals surface area contributed by atoms with E-state index < -0.39 is 0 Å². The van der Waals surface area contributed by atoms with Crippen LogP contribution in [-0.4, -0.2) is 6.29 Å². The van der Waals surface area contributed by atoms with Gasteiger partial charge in [0, 0.05) is 10.9 Å². The van der Waals surface area contributed by atoms with Crippen LogP contribution in [-0.2, 0) is 11.2 Å². The Balaban J connectivity index is 2.19. The van der Waals surface area contributed by atoms with Gasteiger partial charge in [-0.1, -0.05) is 54.1 Å². The van der Waals surface area contributed by atoms with E-state index in [1.54, 1.807) is 0 Å². The van der Waals surface area contributed by atoms with Crippen molar-refractivity contribution in [2.24, 2.45) is 0 Å². The van der Waals surface area contributed by atoms with Crippen molar-refractivity contribution in [2.45, 2.75) is 12.3 Å². The third kappa shape index (κ3) is 3.18. The predicted octanol–water partition coefficient (Wildman–Crippen LogP) is 3.87. The summed E-state index contributed by atoms with van der Waals surface area (Å²) >= 11 is 5.93. The first-order chi connectivity index (χ1) is 8.29. The predicted molar refractivity (Wildman–Crippen MR) is 70.4 cm³/mol. The fraction of sp³-hybridized carbons (Fsp3) is 0.133. The number of rotatable bonds is 4. The Labute approximate surface area is 106 Å². The van der Waals surface area contributed by atoms with Crippen molar-refractivity contribution in [3.8, 4) is 0 Å². The first-order valence-electron chi connectivity index (χ1n) is 5.54. The van der Waals surface area contributed by atoms with Crippen LogP contribution in [0.2, 0.25) is 5.02 Å². The van der Waals surface area contributed by atoms with E-state index in [9.17, 15) is 4.79 Å². The Hall–Kier alpha value is -1.60. The van der Waals surface area contributed by atoms with Crippen LogP contribution < -0.4 is 0 Å². The molecule has 0 radical (unpaired) electrons. The van der Waals surface area contributed by atoms with Crippen molar-refractivity contribution < 1.29 is 4.79 Å². The van der Waals surface area contributed by atoms with Gasteiger partial charge in [-0.05, 0) is 29.7 Å². The van der Waals surface area contributed by atoms with Gasteiger partial charge >= 0.3 is 0 Å². The Morgan fingerprint density at radius 3 is 2.47 bits per heavy atom. The maximum absolute atomic E-state index is 11.2. The van der Waals surface area contributed by atoms with Gasteiger partial charge in [-0.25, -0.2) is 0 Å². The van der Waals surface area contributed by atoms with Gasteiger partial charge in [0.05, 0.1) is 0 Å². The maximum Gasteiger partial charge on any atom is 0.127 e. The monoisotopic (exact) mass is 244 g/mol. The largest absolute Gasteiger partial charge is 0.303 e. The summed E-state index contributed by atoms with van der Waals surface area (Å²) in [4.78, 5) is 11.2. The molecule has 0 heterocycles. The normalized spacial score (nSPS) is 12.1. The Kier molecular flexibility index (Phi) is 3.94. The van der Waals surface area contributed by atoms with Crippen molar-refractivity contribution >= 4 is 17.9 Å². The van der Waals surface area contributed by atoms with Gasteiger partial charge < -0.3 is 4.79 Å². The molecular weight excluding hydrogens is 232 g/mol. The molecule has 0 aliphatic heterocycles. The molecular formula is C15H13ClO. The van der Waals surface area contributed by atoms with E-state index >= 15 is 0 Å². The lowest BCUT2D eigenvalue weighted by atomic mass is 9.93. The molecule has 2 aromatic rings. The molecule has 86 valence electrons. The maximum atomic E-state index is 11.2. The highest BCUT2D eigenvalue weighted by atomic mass is 35.5. The number of halogens is 1. The minimum absolute atomic E-state index is 0.102. The SMILES string of the molecule is O=CC(Cc1cccc(Cl)c1)c1ccccc1. The second-order valence-corrected chi connectivity index (χ2v) is 4.42. The molecule has 2 rings (SSSR count). The van der Waals surface area contributed by atoms with Crippen LogP contribution in [0.1, 0.15) is 17.0 Å². The van der Waals surface area contributed by atoms with E-state index in [-0.39, 0.29) is 5.92 Å². The summed E-state index contributed by atoms with van der Waals surface area (Å²) < 4.78 is 0. The van der Waals surface area contributed by atoms with E-state index in [2.05, 4.69) is 0 Å². The summed E-state index contributed by atoms with van der Waals surface area (Å²) in [6, 6.07) is 17.4. The van der Waals surface area contributed by atoms with Gasteiger partial charge in [-0.15, -0.1) is 0 Å². The van der Waals surface area contributed by atoms with Crippen molar-refractivity contribution in [1.29, 1.82) is 0 Å². The molecule has 0 saturated heterocycles. The third-order valence-corrected chi connectivity index (χ3v) is 2.97. The fourth-order valence-corrected chi connectivity index (χ4v) is 2.08. The first kappa shape index (κ1) is 11.9. The van der Waals surface area contributed by atoms with E-state index in [1.807, 2.05) is 54.6 Å². The summed E-state index contributed by atoms with van der Waals surface area (Å²) in [5.74, 6) is -0.102. The van der Waals surface area contributed by atoms with Crippen molar-refractivity contribution in [2.75, 3.05) is 0 Å². The highest BCUT2D eigenvalue weighted by Crippen LogP contribution is 2.20. The zero-order valence-electron chi connectivity index (χ0n) is 9.34. The molecule has 17 heavy (non-hydrogen) atoms. The number of aldehydes is 1. The highest BCUT2D eigenvalue weighted by molar-refractivity contribution is 6.30. The number of carbonyl (C=O) groups excluding carboxylic acids is 1. The zero-order chi connectivity index (χ0) is 12.1. The second-order valence-electron chi connectivity index (χ2n) is 3.99. The van der Waals surface area contributed by atoms with Crippen LogP contribution in [0.15, 0.2) is 54.6 Å². The number of carbonyl (C=O) groups is 1. The summed E-state index contributed by atoms with van der Waals surface area (Å²) in [5, 5.41) is 0.709. The topological polar surface area (TPSA) is 17.1 Å². The van der Waals surface area contributed by atoms with Crippen LogP contribution in [0.25, 0.3) is 0 Å². The minimum Gasteiger partial charge on any atom is -0.303 e. The Morgan fingerprint density at radius 1 is 1.06 bits per heavy atom. The summed E-state index contributed by atoms with van der Waals surface area (Å²) in [5.41, 5.74) is 2.13. The lowest BCUT2D eigenvalue weighted by Gasteiger charge is -2.10. The van der Waals surface area contributed by atoms with Crippen LogP contribution >= 0.6 is 11.6 Å². The molecule has 0 aliphatic carbocycles. The van der Waals surface area contributed by atoms with Gasteiger partial charge in [0.15, 0.2) is 0 Å². The Bertz CT molecular complexity index is 493. The lowest BCUT2D eigenvalue weighted by Crippen LogP contribution is -2.04. The standard InChI is InChI=1S/C15H13ClO/c16-15-8-4-5-12(10-15)9-14(11-17)13-6-2-1-3-7-13/h1-8,10-11,14H,9H2. The quantitative estimate of drug-likeness (QED) is 0.747. The highest BCUT2D eigenvalue weighted by Gasteiger charge is 2.10. The molecule has 0 bridgehead atoms. The van der Waals surface area contributed by atoms with Crippen LogP contribution in [0.3, 0.4) is 0 Å². The van der Waals surface area contributed by atoms with E-state index in [1.165, 1.54) is 0 Å². The molecule has 1 atom stereocenters. The molecule has 1 nitrogen and oxygen atoms in total. The zero-order valence-corrected chi connectivity index (χ0v) is 10.1. The summed E-state index contributed by atoms with van der Waals surface area (Å²) in [6.45, 7) is 0. The van der Waals surface area contributed by atoms with Crippen LogP contribution in [0.4, 0.5) is 0 Å². The van der Waals surface area contributed by atoms with Gasteiger partial charge in [-0.3, -0.25) is 0 Å². The van der Waals surface area contributed by atoms with Crippen molar-refractivity contribution in [1.82, 2.24) is 0 Å². The average molecular weight is 245 g/mol. The fourth-order valence-electron chi connectivity index (χ4n) is 1.86. The minimum atomic E-state index is -0.102. The number of benzene rings is 2. The van der Waals surface area contributed by atoms with Gasteiger partial charge in [0.2, 0.25) is 0 Å². The molecule has 0 aromatic heterocycles. The Morgan fingerprint density at radius 2 is 1.82 bits per heavy atom. The molecule has 0 saturated carbocycles. The van der Waals surface area contributed by atoms with Gasteiger partial charge in [-0.2, -0.15) is 0 Å². The third-order valence-electron chi connectivity index (χ3n) is 2.74. The smallest absolute Gasteiger partial charge is 0.127 e. The van der Waals surface area contributed by atoms with E-state index in [0.29, 0.717) is 11.4 Å². The van der Waals surface area contributed by atoms with Gasteiger partial charge in [0.1, 0.15) is 6.29 Å². The molecule has 0 amide bonds. The molecule has 0 spiro atoms. The number of hydrogen-bond donors (Lipinski definition) is 0. The summed E-state index contributed by atoms with van der Waals surface area (Å²) in [7, 11) is 0. The molecule has 0 N–H and O–H groups in total. The van der Waals surface area contributed by atoms with Crippen LogP contribution in [0, 0.1) is 0 Å². The van der Waals surface area contributed by atoms with Crippen LogP contribution in [0.5, 0.6) is 0 Å². The van der Waals surface area contributed by atoms with E-state index in [4.69, 9.17) is 11.6 Å². The second kappa shape index (κ2) is 5.65. The lowest BCUT2D eigenvalue weighted by molar-refractivity contribution is -0.109. The number of hydrogen-bond acceptors (Lipinski definition) is 1. The summed E-state index contributed by atoms with van der Waals surface area (Å²) in [6.07, 6.45) is 1.68. The van der Waals surface area contributed by atoms with Gasteiger partial charge in [0.25, 0.3) is 0 Å². The molecule has 1 unspecified atom stereocenters.